The van der Waals surface area contributed by atoms with Crippen molar-refractivity contribution in [3.63, 3.8) is 0 Å². The lowest BCUT2D eigenvalue weighted by Crippen LogP contribution is -2.50. The highest BCUT2D eigenvalue weighted by Gasteiger charge is 2.32. The van der Waals surface area contributed by atoms with Gasteiger partial charge in [0.15, 0.2) is 5.75 Å². The molecule has 0 radical (unpaired) electrons. The minimum atomic E-state index is -3.04. The maximum Gasteiger partial charge on any atom is 0.387 e. The van der Waals surface area contributed by atoms with Crippen molar-refractivity contribution in [1.82, 2.24) is 0 Å². The van der Waals surface area contributed by atoms with Gasteiger partial charge < -0.3 is 14.4 Å². The van der Waals surface area contributed by atoms with Crippen molar-refractivity contribution < 1.29 is 23.2 Å². The molecule has 0 N–H and O–H groups in total. The first-order valence-electron chi connectivity index (χ1n) is 6.97. The van der Waals surface area contributed by atoms with Crippen molar-refractivity contribution >= 4 is 11.4 Å². The van der Waals surface area contributed by atoms with Crippen LogP contribution in [0.15, 0.2) is 18.2 Å². The minimum Gasteiger partial charge on any atom is -0.432 e. The van der Waals surface area contributed by atoms with Gasteiger partial charge in [-0.15, -0.1) is 0 Å². The predicted molar refractivity (Wildman–Crippen MR) is 76.6 cm³/mol. The van der Waals surface area contributed by atoms with Gasteiger partial charge in [0.1, 0.15) is 0 Å². The number of alkyl halides is 2. The highest BCUT2D eigenvalue weighted by molar-refractivity contribution is 5.63. The van der Waals surface area contributed by atoms with E-state index in [1.165, 1.54) is 12.1 Å². The van der Waals surface area contributed by atoms with Gasteiger partial charge in [-0.3, -0.25) is 10.1 Å². The van der Waals surface area contributed by atoms with E-state index in [0.717, 1.165) is 12.5 Å². The lowest BCUT2D eigenvalue weighted by Gasteiger charge is -2.41. The summed E-state index contributed by atoms with van der Waals surface area (Å²) in [6.45, 7) is 2.34. The first-order chi connectivity index (χ1) is 10.3. The van der Waals surface area contributed by atoms with Crippen LogP contribution in [-0.4, -0.2) is 36.8 Å². The van der Waals surface area contributed by atoms with E-state index in [0.29, 0.717) is 25.4 Å². The number of nitro benzene ring substituents is 1. The third-order valence-corrected chi connectivity index (χ3v) is 3.80. The Balaban J connectivity index is 2.34. The summed E-state index contributed by atoms with van der Waals surface area (Å²) in [4.78, 5) is 12.0. The summed E-state index contributed by atoms with van der Waals surface area (Å²) in [7, 11) is 0. The number of nitrogens with zero attached hydrogens (tertiary/aromatic N) is 2. The lowest BCUT2D eigenvalue weighted by molar-refractivity contribution is -0.385. The third-order valence-electron chi connectivity index (χ3n) is 3.80. The molecule has 1 saturated heterocycles. The number of rotatable bonds is 5. The molecule has 1 aromatic carbocycles. The zero-order valence-electron chi connectivity index (χ0n) is 12.4. The van der Waals surface area contributed by atoms with E-state index in [9.17, 15) is 18.9 Å². The molecule has 0 bridgehead atoms. The van der Waals surface area contributed by atoms with E-state index in [2.05, 4.69) is 4.74 Å². The summed E-state index contributed by atoms with van der Waals surface area (Å²) in [6, 6.07) is 3.75. The summed E-state index contributed by atoms with van der Waals surface area (Å²) in [5, 5.41) is 10.8. The molecular weight excluding hydrogens is 298 g/mol. The zero-order chi connectivity index (χ0) is 16.3. The van der Waals surface area contributed by atoms with E-state index in [-0.39, 0.29) is 17.0 Å². The molecule has 1 fully saturated rings. The molecule has 8 heteroatoms. The summed E-state index contributed by atoms with van der Waals surface area (Å²) >= 11 is 0. The fourth-order valence-electron chi connectivity index (χ4n) is 2.42. The third kappa shape index (κ3) is 3.62. The second kappa shape index (κ2) is 6.43. The topological polar surface area (TPSA) is 64.8 Å². The number of hydrogen-bond donors (Lipinski definition) is 0. The number of halogens is 2. The van der Waals surface area contributed by atoms with Crippen LogP contribution in [0.3, 0.4) is 0 Å². The molecule has 0 saturated carbocycles. The molecule has 0 aromatic heterocycles. The summed E-state index contributed by atoms with van der Waals surface area (Å²) in [5.74, 6) is -0.190. The Morgan fingerprint density at radius 1 is 1.55 bits per heavy atom. The maximum absolute atomic E-state index is 12.6. The van der Waals surface area contributed by atoms with Crippen molar-refractivity contribution in [2.75, 3.05) is 24.6 Å². The van der Waals surface area contributed by atoms with Crippen molar-refractivity contribution in [1.29, 1.82) is 0 Å². The Morgan fingerprint density at radius 3 is 2.86 bits per heavy atom. The van der Waals surface area contributed by atoms with E-state index in [1.807, 2.05) is 18.7 Å². The molecule has 1 aliphatic heterocycles. The van der Waals surface area contributed by atoms with Crippen LogP contribution in [0.1, 0.15) is 20.3 Å². The standard InChI is InChI=1S/C14H18F2N2O4/c1-3-14(2)9-17(6-7-21-14)11-5-4-10(18(19)20)8-12(11)22-13(15)16/h4-5,8,13H,3,6-7,9H2,1-2H3. The Bertz CT molecular complexity index is 556. The van der Waals surface area contributed by atoms with Gasteiger partial charge in [0.05, 0.1) is 28.9 Å². The van der Waals surface area contributed by atoms with Crippen LogP contribution in [0.4, 0.5) is 20.2 Å². The van der Waals surface area contributed by atoms with E-state index in [1.54, 1.807) is 0 Å². The summed E-state index contributed by atoms with van der Waals surface area (Å²) in [5.41, 5.74) is -0.262. The minimum absolute atomic E-state index is 0.190. The van der Waals surface area contributed by atoms with E-state index < -0.39 is 11.5 Å². The van der Waals surface area contributed by atoms with Gasteiger partial charge in [-0.25, -0.2) is 0 Å². The Hall–Kier alpha value is -1.96. The highest BCUT2D eigenvalue weighted by Crippen LogP contribution is 2.36. The number of hydrogen-bond acceptors (Lipinski definition) is 5. The van der Waals surface area contributed by atoms with Crippen LogP contribution < -0.4 is 9.64 Å². The molecule has 0 amide bonds. The van der Waals surface area contributed by atoms with Crippen LogP contribution in [0, 0.1) is 10.1 Å². The van der Waals surface area contributed by atoms with Gasteiger partial charge in [-0.2, -0.15) is 8.78 Å². The van der Waals surface area contributed by atoms with E-state index in [4.69, 9.17) is 4.74 Å². The number of benzene rings is 1. The first kappa shape index (κ1) is 16.4. The van der Waals surface area contributed by atoms with Crippen LogP contribution in [0.5, 0.6) is 5.75 Å². The molecule has 0 spiro atoms. The fraction of sp³-hybridized carbons (Fsp3) is 0.571. The molecule has 6 nitrogen and oxygen atoms in total. The lowest BCUT2D eigenvalue weighted by atomic mass is 10.0. The fourth-order valence-corrected chi connectivity index (χ4v) is 2.42. The molecule has 1 aromatic rings. The van der Waals surface area contributed by atoms with Gasteiger partial charge in [0.2, 0.25) is 0 Å². The van der Waals surface area contributed by atoms with Crippen LogP contribution in [0.25, 0.3) is 0 Å². The Kier molecular flexibility index (Phi) is 4.80. The van der Waals surface area contributed by atoms with Gasteiger partial charge in [0, 0.05) is 19.2 Å². The molecule has 122 valence electrons. The molecule has 22 heavy (non-hydrogen) atoms. The number of ether oxygens (including phenoxy) is 2. The molecule has 1 atom stereocenters. The smallest absolute Gasteiger partial charge is 0.387 e. The Labute approximate surface area is 126 Å². The van der Waals surface area contributed by atoms with Crippen LogP contribution >= 0.6 is 0 Å². The van der Waals surface area contributed by atoms with Crippen molar-refractivity contribution in [2.24, 2.45) is 0 Å². The molecule has 2 rings (SSSR count). The zero-order valence-corrected chi connectivity index (χ0v) is 12.4. The molecule has 0 aliphatic carbocycles. The first-order valence-corrected chi connectivity index (χ1v) is 6.97. The Morgan fingerprint density at radius 2 is 2.27 bits per heavy atom. The van der Waals surface area contributed by atoms with Crippen molar-refractivity contribution in [3.8, 4) is 5.75 Å². The largest absolute Gasteiger partial charge is 0.432 e. The number of nitro groups is 1. The van der Waals surface area contributed by atoms with Crippen molar-refractivity contribution in [2.45, 2.75) is 32.5 Å². The van der Waals surface area contributed by atoms with Gasteiger partial charge >= 0.3 is 6.61 Å². The number of morpholine rings is 1. The number of anilines is 1. The molecule has 1 unspecified atom stereocenters. The average molecular weight is 316 g/mol. The van der Waals surface area contributed by atoms with Crippen LogP contribution in [0.2, 0.25) is 0 Å². The van der Waals surface area contributed by atoms with Crippen LogP contribution in [-0.2, 0) is 4.74 Å². The molecular formula is C14H18F2N2O4. The van der Waals surface area contributed by atoms with E-state index >= 15 is 0 Å². The van der Waals surface area contributed by atoms with Gasteiger partial charge in [0.25, 0.3) is 5.69 Å². The van der Waals surface area contributed by atoms with Gasteiger partial charge in [-0.05, 0) is 19.4 Å². The predicted octanol–water partition coefficient (Wildman–Crippen LogP) is 3.20. The number of non-ortho nitro benzene ring substituents is 1. The normalized spacial score (nSPS) is 22.0. The highest BCUT2D eigenvalue weighted by atomic mass is 19.3. The van der Waals surface area contributed by atoms with Gasteiger partial charge in [-0.1, -0.05) is 6.92 Å². The SMILES string of the molecule is CCC1(C)CN(c2ccc([N+](=O)[O-])cc2OC(F)F)CCO1. The monoisotopic (exact) mass is 316 g/mol. The average Bonchev–Trinajstić information content (AvgIpc) is 2.46. The molecule has 1 heterocycles. The quantitative estimate of drug-likeness (QED) is 0.616. The summed E-state index contributed by atoms with van der Waals surface area (Å²) < 4.78 is 35.3. The second-order valence-electron chi connectivity index (χ2n) is 5.36. The molecule has 1 aliphatic rings. The second-order valence-corrected chi connectivity index (χ2v) is 5.36. The maximum atomic E-state index is 12.6. The van der Waals surface area contributed by atoms with Crippen molar-refractivity contribution in [3.05, 3.63) is 28.3 Å². The summed E-state index contributed by atoms with van der Waals surface area (Å²) in [6.07, 6.45) is 0.765.